The fourth-order valence-electron chi connectivity index (χ4n) is 3.23. The van der Waals surface area contributed by atoms with Gasteiger partial charge in [0.15, 0.2) is 5.82 Å². The molecule has 6 heteroatoms. The van der Waals surface area contributed by atoms with Gasteiger partial charge in [-0.1, -0.05) is 31.2 Å². The fourth-order valence-corrected chi connectivity index (χ4v) is 4.13. The number of para-hydroxylation sites is 4. The van der Waals surface area contributed by atoms with Crippen molar-refractivity contribution in [2.24, 2.45) is 0 Å². The van der Waals surface area contributed by atoms with Crippen LogP contribution in [0.25, 0.3) is 21.7 Å². The zero-order valence-corrected chi connectivity index (χ0v) is 16.6. The second-order valence-electron chi connectivity index (χ2n) is 6.39. The van der Waals surface area contributed by atoms with Crippen LogP contribution in [0.5, 0.6) is 5.75 Å². The molecule has 2 heterocycles. The van der Waals surface area contributed by atoms with Gasteiger partial charge in [0.05, 0.1) is 33.6 Å². The molecule has 4 rings (SSSR count). The largest absolute Gasteiger partial charge is 0.495 e. The van der Waals surface area contributed by atoms with E-state index in [1.165, 1.54) is 11.3 Å². The number of benzene rings is 2. The maximum absolute atomic E-state index is 12.7. The third kappa shape index (κ3) is 3.39. The molecule has 0 aliphatic rings. The normalized spacial score (nSPS) is 10.9. The minimum Gasteiger partial charge on any atom is -0.495 e. The fraction of sp³-hybridized carbons (Fsp3) is 0.182. The Morgan fingerprint density at radius 2 is 1.89 bits per heavy atom. The summed E-state index contributed by atoms with van der Waals surface area (Å²) < 4.78 is 7.53. The van der Waals surface area contributed by atoms with Crippen LogP contribution in [0.3, 0.4) is 0 Å². The first kappa shape index (κ1) is 18.3. The van der Waals surface area contributed by atoms with E-state index >= 15 is 0 Å². The lowest BCUT2D eigenvalue weighted by molar-refractivity contribution is 0.103. The number of rotatable bonds is 6. The number of fused-ring (bicyclic) bond motifs is 1. The highest BCUT2D eigenvalue weighted by atomic mass is 32.1. The molecular formula is C22H21N3O2S. The topological polar surface area (TPSA) is 56.2 Å². The molecule has 5 nitrogen and oxygen atoms in total. The van der Waals surface area contributed by atoms with Crippen LogP contribution < -0.4 is 10.1 Å². The minimum atomic E-state index is -0.154. The van der Waals surface area contributed by atoms with Crippen molar-refractivity contribution in [2.75, 3.05) is 12.4 Å². The van der Waals surface area contributed by atoms with Gasteiger partial charge in [-0.05, 0) is 42.8 Å². The zero-order valence-electron chi connectivity index (χ0n) is 15.8. The van der Waals surface area contributed by atoms with Crippen molar-refractivity contribution in [1.29, 1.82) is 0 Å². The van der Waals surface area contributed by atoms with Crippen molar-refractivity contribution in [3.63, 3.8) is 0 Å². The van der Waals surface area contributed by atoms with Gasteiger partial charge in [-0.3, -0.25) is 4.79 Å². The lowest BCUT2D eigenvalue weighted by Gasteiger charge is -2.08. The van der Waals surface area contributed by atoms with Crippen LogP contribution in [-0.4, -0.2) is 22.6 Å². The molecular weight excluding hydrogens is 370 g/mol. The van der Waals surface area contributed by atoms with Crippen molar-refractivity contribution in [2.45, 2.75) is 19.9 Å². The summed E-state index contributed by atoms with van der Waals surface area (Å²) in [7, 11) is 1.59. The first-order valence-electron chi connectivity index (χ1n) is 9.21. The van der Waals surface area contributed by atoms with E-state index in [0.717, 1.165) is 34.7 Å². The lowest BCUT2D eigenvalue weighted by atomic mass is 10.3. The van der Waals surface area contributed by atoms with Crippen molar-refractivity contribution < 1.29 is 9.53 Å². The van der Waals surface area contributed by atoms with Crippen LogP contribution in [-0.2, 0) is 6.54 Å². The molecule has 0 radical (unpaired) electrons. The molecule has 142 valence electrons. The van der Waals surface area contributed by atoms with Gasteiger partial charge in [-0.15, -0.1) is 11.3 Å². The Morgan fingerprint density at radius 1 is 1.11 bits per heavy atom. The molecule has 2 aromatic heterocycles. The van der Waals surface area contributed by atoms with Crippen molar-refractivity contribution in [3.05, 3.63) is 65.5 Å². The first-order valence-corrected chi connectivity index (χ1v) is 10.0. The number of ether oxygens (including phenoxy) is 1. The van der Waals surface area contributed by atoms with Crippen LogP contribution in [0, 0.1) is 0 Å². The van der Waals surface area contributed by atoms with Crippen molar-refractivity contribution >= 4 is 34.0 Å². The lowest BCUT2D eigenvalue weighted by Crippen LogP contribution is -2.10. The molecule has 0 atom stereocenters. The number of hydrogen-bond donors (Lipinski definition) is 1. The van der Waals surface area contributed by atoms with E-state index in [1.54, 1.807) is 7.11 Å². The third-order valence-corrected chi connectivity index (χ3v) is 5.59. The van der Waals surface area contributed by atoms with Gasteiger partial charge in [0, 0.05) is 6.54 Å². The minimum absolute atomic E-state index is 0.154. The average Bonchev–Trinajstić information content (AvgIpc) is 3.34. The molecule has 0 aliphatic heterocycles. The van der Waals surface area contributed by atoms with E-state index in [-0.39, 0.29) is 5.91 Å². The number of carbonyl (C=O) groups is 1. The van der Waals surface area contributed by atoms with Crippen LogP contribution in [0.2, 0.25) is 0 Å². The highest BCUT2D eigenvalue weighted by Gasteiger charge is 2.17. The summed E-state index contributed by atoms with van der Waals surface area (Å²) in [6.45, 7) is 3.04. The summed E-state index contributed by atoms with van der Waals surface area (Å²) in [4.78, 5) is 19.1. The molecule has 2 aromatic carbocycles. The van der Waals surface area contributed by atoms with Crippen LogP contribution >= 0.6 is 11.3 Å². The summed E-state index contributed by atoms with van der Waals surface area (Å²) in [5.74, 6) is 1.39. The molecule has 1 N–H and O–H groups in total. The summed E-state index contributed by atoms with van der Waals surface area (Å²) in [5.41, 5.74) is 2.75. The molecule has 0 bridgehead atoms. The standard InChI is InChI=1S/C22H21N3O2S/c1-3-14-25-17-10-6-4-8-15(17)23-21(25)19-12-13-20(28-19)22(26)24-16-9-5-7-11-18(16)27-2/h4-13H,3,14H2,1-2H3,(H,24,26). The zero-order chi connectivity index (χ0) is 19.5. The number of carbonyl (C=O) groups excluding carboxylic acids is 1. The Kier molecular flexibility index (Phi) is 5.12. The molecule has 0 aliphatic carbocycles. The maximum Gasteiger partial charge on any atom is 0.265 e. The summed E-state index contributed by atoms with van der Waals surface area (Å²) in [6, 6.07) is 19.3. The Hall–Kier alpha value is -3.12. The van der Waals surface area contributed by atoms with Crippen LogP contribution in [0.15, 0.2) is 60.7 Å². The second-order valence-corrected chi connectivity index (χ2v) is 7.48. The molecule has 0 fully saturated rings. The van der Waals surface area contributed by atoms with E-state index < -0.39 is 0 Å². The number of thiophene rings is 1. The maximum atomic E-state index is 12.7. The monoisotopic (exact) mass is 391 g/mol. The highest BCUT2D eigenvalue weighted by Crippen LogP contribution is 2.32. The predicted octanol–water partition coefficient (Wildman–Crippen LogP) is 5.44. The van der Waals surface area contributed by atoms with Crippen molar-refractivity contribution in [1.82, 2.24) is 9.55 Å². The Bertz CT molecular complexity index is 1130. The van der Waals surface area contributed by atoms with Crippen LogP contribution in [0.4, 0.5) is 5.69 Å². The molecule has 0 unspecified atom stereocenters. The van der Waals surface area contributed by atoms with E-state index in [0.29, 0.717) is 16.3 Å². The van der Waals surface area contributed by atoms with Gasteiger partial charge in [-0.2, -0.15) is 0 Å². The number of aromatic nitrogens is 2. The van der Waals surface area contributed by atoms with Gasteiger partial charge in [-0.25, -0.2) is 4.98 Å². The average molecular weight is 391 g/mol. The van der Waals surface area contributed by atoms with E-state index in [4.69, 9.17) is 9.72 Å². The van der Waals surface area contributed by atoms with Crippen LogP contribution in [0.1, 0.15) is 23.0 Å². The molecule has 0 spiro atoms. The number of imidazole rings is 1. The molecule has 0 saturated carbocycles. The van der Waals surface area contributed by atoms with Gasteiger partial charge in [0.25, 0.3) is 5.91 Å². The number of aryl methyl sites for hydroxylation is 1. The third-order valence-electron chi connectivity index (χ3n) is 4.51. The number of methoxy groups -OCH3 is 1. The smallest absolute Gasteiger partial charge is 0.265 e. The number of hydrogen-bond acceptors (Lipinski definition) is 4. The summed E-state index contributed by atoms with van der Waals surface area (Å²) >= 11 is 1.45. The number of amides is 1. The highest BCUT2D eigenvalue weighted by molar-refractivity contribution is 7.17. The predicted molar refractivity (Wildman–Crippen MR) is 114 cm³/mol. The summed E-state index contributed by atoms with van der Waals surface area (Å²) in [5, 5.41) is 2.93. The van der Waals surface area contributed by atoms with E-state index in [2.05, 4.69) is 22.9 Å². The number of nitrogens with zero attached hydrogens (tertiary/aromatic N) is 2. The Balaban J connectivity index is 1.65. The van der Waals surface area contributed by atoms with E-state index in [1.807, 2.05) is 54.6 Å². The van der Waals surface area contributed by atoms with Crippen molar-refractivity contribution in [3.8, 4) is 16.5 Å². The Morgan fingerprint density at radius 3 is 2.71 bits per heavy atom. The number of anilines is 1. The molecule has 28 heavy (non-hydrogen) atoms. The SMILES string of the molecule is CCCn1c(-c2ccc(C(=O)Nc3ccccc3OC)s2)nc2ccccc21. The summed E-state index contributed by atoms with van der Waals surface area (Å²) in [6.07, 6.45) is 1.01. The Labute approximate surface area is 167 Å². The molecule has 4 aromatic rings. The molecule has 0 saturated heterocycles. The van der Waals surface area contributed by atoms with Gasteiger partial charge in [0.1, 0.15) is 5.75 Å². The van der Waals surface area contributed by atoms with Gasteiger partial charge < -0.3 is 14.6 Å². The second kappa shape index (κ2) is 7.86. The van der Waals surface area contributed by atoms with Gasteiger partial charge >= 0.3 is 0 Å². The van der Waals surface area contributed by atoms with Gasteiger partial charge in [0.2, 0.25) is 0 Å². The number of nitrogens with one attached hydrogen (secondary N) is 1. The first-order chi connectivity index (χ1) is 13.7. The quantitative estimate of drug-likeness (QED) is 0.476. The van der Waals surface area contributed by atoms with E-state index in [9.17, 15) is 4.79 Å². The molecule has 1 amide bonds.